The van der Waals surface area contributed by atoms with Crippen LogP contribution < -0.4 is 5.32 Å². The molecule has 0 fully saturated rings. The zero-order valence-electron chi connectivity index (χ0n) is 11.6. The molecule has 1 N–H and O–H groups in total. The fourth-order valence-corrected chi connectivity index (χ4v) is 2.21. The van der Waals surface area contributed by atoms with Crippen LogP contribution in [0, 0.1) is 0 Å². The van der Waals surface area contributed by atoms with E-state index in [4.69, 9.17) is 4.42 Å². The summed E-state index contributed by atoms with van der Waals surface area (Å²) in [5.41, 5.74) is 1.47. The minimum Gasteiger partial charge on any atom is -0.472 e. The molecule has 0 radical (unpaired) electrons. The fourth-order valence-electron chi connectivity index (χ4n) is 2.21. The molecule has 0 aliphatic carbocycles. The van der Waals surface area contributed by atoms with Crippen molar-refractivity contribution in [3.05, 3.63) is 78.3 Å². The number of carbonyl (C=O) groups is 1. The molecule has 0 bridgehead atoms. The molecule has 0 spiro atoms. The number of hydrogen-bond donors (Lipinski definition) is 1. The summed E-state index contributed by atoms with van der Waals surface area (Å²) in [6.45, 7) is 0. The van der Waals surface area contributed by atoms with Crippen LogP contribution in [0.1, 0.15) is 27.8 Å². The Bertz CT molecular complexity index is 717. The zero-order chi connectivity index (χ0) is 14.7. The minimum atomic E-state index is -0.311. The summed E-state index contributed by atoms with van der Waals surface area (Å²) >= 11 is 0. The molecule has 1 amide bonds. The molecule has 1 aromatic carbocycles. The molecule has 0 saturated carbocycles. The van der Waals surface area contributed by atoms with E-state index in [1.54, 1.807) is 12.3 Å². The van der Waals surface area contributed by atoms with Gasteiger partial charge in [-0.1, -0.05) is 30.3 Å². The Morgan fingerprint density at radius 1 is 1.29 bits per heavy atom. The number of furan rings is 1. The van der Waals surface area contributed by atoms with E-state index in [1.807, 2.05) is 48.1 Å². The van der Waals surface area contributed by atoms with Gasteiger partial charge in [0.1, 0.15) is 18.1 Å². The molecule has 0 saturated heterocycles. The first-order chi connectivity index (χ1) is 10.3. The van der Waals surface area contributed by atoms with Gasteiger partial charge in [-0.25, -0.2) is 4.98 Å². The molecule has 106 valence electrons. The Kier molecular flexibility index (Phi) is 3.55. The van der Waals surface area contributed by atoms with Crippen LogP contribution in [0.15, 0.2) is 65.7 Å². The highest BCUT2D eigenvalue weighted by molar-refractivity contribution is 5.94. The highest BCUT2D eigenvalue weighted by atomic mass is 16.3. The van der Waals surface area contributed by atoms with Crippen molar-refractivity contribution in [1.29, 1.82) is 0 Å². The largest absolute Gasteiger partial charge is 0.472 e. The molecule has 2 aromatic heterocycles. The van der Waals surface area contributed by atoms with Gasteiger partial charge in [0.25, 0.3) is 5.91 Å². The number of aryl methyl sites for hydroxylation is 1. The van der Waals surface area contributed by atoms with E-state index < -0.39 is 0 Å². The Morgan fingerprint density at radius 2 is 2.10 bits per heavy atom. The lowest BCUT2D eigenvalue weighted by Gasteiger charge is -2.18. The first-order valence-corrected chi connectivity index (χ1v) is 6.61. The van der Waals surface area contributed by atoms with E-state index in [2.05, 4.69) is 10.3 Å². The van der Waals surface area contributed by atoms with Crippen LogP contribution >= 0.6 is 0 Å². The highest BCUT2D eigenvalue weighted by Crippen LogP contribution is 2.20. The van der Waals surface area contributed by atoms with Crippen molar-refractivity contribution in [3.63, 3.8) is 0 Å². The zero-order valence-corrected chi connectivity index (χ0v) is 11.6. The van der Waals surface area contributed by atoms with Crippen molar-refractivity contribution in [2.24, 2.45) is 7.05 Å². The molecule has 3 rings (SSSR count). The fraction of sp³-hybridized carbons (Fsp3) is 0.125. The minimum absolute atomic E-state index is 0.194. The van der Waals surface area contributed by atoms with E-state index >= 15 is 0 Å². The van der Waals surface area contributed by atoms with Crippen LogP contribution in [0.3, 0.4) is 0 Å². The number of imidazole rings is 1. The smallest absolute Gasteiger partial charge is 0.255 e. The standard InChI is InChI=1S/C16H15N3O2/c1-19-9-8-17-15(19)14(12-5-3-2-4-6-12)18-16(20)13-7-10-21-11-13/h2-11,14H,1H3,(H,18,20)/t14-/m0/s1. The third kappa shape index (κ3) is 2.72. The molecular formula is C16H15N3O2. The van der Waals surface area contributed by atoms with Crippen LogP contribution in [0.4, 0.5) is 0 Å². The number of carbonyl (C=O) groups excluding carboxylic acids is 1. The van der Waals surface area contributed by atoms with Crippen molar-refractivity contribution in [3.8, 4) is 0 Å². The summed E-state index contributed by atoms with van der Waals surface area (Å²) in [6.07, 6.45) is 6.48. The Hall–Kier alpha value is -2.82. The third-order valence-electron chi connectivity index (χ3n) is 3.31. The topological polar surface area (TPSA) is 60.1 Å². The maximum Gasteiger partial charge on any atom is 0.255 e. The molecule has 0 aliphatic rings. The highest BCUT2D eigenvalue weighted by Gasteiger charge is 2.21. The predicted octanol–water partition coefficient (Wildman–Crippen LogP) is 2.53. The summed E-state index contributed by atoms with van der Waals surface area (Å²) in [5.74, 6) is 0.582. The van der Waals surface area contributed by atoms with Gasteiger partial charge in [-0.05, 0) is 11.6 Å². The first-order valence-electron chi connectivity index (χ1n) is 6.61. The van der Waals surface area contributed by atoms with Gasteiger partial charge < -0.3 is 14.3 Å². The maximum atomic E-state index is 12.3. The van der Waals surface area contributed by atoms with Crippen LogP contribution in [-0.4, -0.2) is 15.5 Å². The molecule has 3 aromatic rings. The number of hydrogen-bond acceptors (Lipinski definition) is 3. The number of benzene rings is 1. The van der Waals surface area contributed by atoms with Gasteiger partial charge in [-0.2, -0.15) is 0 Å². The van der Waals surface area contributed by atoms with Crippen molar-refractivity contribution in [2.75, 3.05) is 0 Å². The maximum absolute atomic E-state index is 12.3. The van der Waals surface area contributed by atoms with Gasteiger partial charge in [-0.3, -0.25) is 4.79 Å². The van der Waals surface area contributed by atoms with E-state index in [-0.39, 0.29) is 11.9 Å². The predicted molar refractivity (Wildman–Crippen MR) is 77.7 cm³/mol. The molecule has 5 heteroatoms. The van der Waals surface area contributed by atoms with E-state index in [0.29, 0.717) is 5.56 Å². The monoisotopic (exact) mass is 281 g/mol. The van der Waals surface area contributed by atoms with Crippen LogP contribution in [0.5, 0.6) is 0 Å². The lowest BCUT2D eigenvalue weighted by atomic mass is 10.1. The van der Waals surface area contributed by atoms with Gasteiger partial charge in [0.2, 0.25) is 0 Å². The number of aromatic nitrogens is 2. The van der Waals surface area contributed by atoms with Crippen molar-refractivity contribution in [2.45, 2.75) is 6.04 Å². The van der Waals surface area contributed by atoms with Gasteiger partial charge in [0, 0.05) is 19.4 Å². The molecule has 1 atom stereocenters. The van der Waals surface area contributed by atoms with E-state index in [1.165, 1.54) is 12.5 Å². The molecular weight excluding hydrogens is 266 g/mol. The second-order valence-electron chi connectivity index (χ2n) is 4.73. The summed E-state index contributed by atoms with van der Waals surface area (Å²) in [4.78, 5) is 16.6. The average Bonchev–Trinajstić information content (AvgIpc) is 3.17. The van der Waals surface area contributed by atoms with Crippen LogP contribution in [-0.2, 0) is 7.05 Å². The van der Waals surface area contributed by atoms with Crippen molar-refractivity contribution >= 4 is 5.91 Å². The lowest BCUT2D eigenvalue weighted by molar-refractivity contribution is 0.0940. The van der Waals surface area contributed by atoms with Gasteiger partial charge in [0.15, 0.2) is 0 Å². The van der Waals surface area contributed by atoms with Crippen molar-refractivity contribution < 1.29 is 9.21 Å². The Morgan fingerprint density at radius 3 is 2.71 bits per heavy atom. The van der Waals surface area contributed by atoms with Crippen LogP contribution in [0.2, 0.25) is 0 Å². The normalized spacial score (nSPS) is 12.0. The van der Waals surface area contributed by atoms with Crippen LogP contribution in [0.25, 0.3) is 0 Å². The van der Waals surface area contributed by atoms with Crippen molar-refractivity contribution in [1.82, 2.24) is 14.9 Å². The summed E-state index contributed by atoms with van der Waals surface area (Å²) in [5, 5.41) is 3.00. The SMILES string of the molecule is Cn1ccnc1[C@@H](NC(=O)c1ccoc1)c1ccccc1. The average molecular weight is 281 g/mol. The number of nitrogens with one attached hydrogen (secondary N) is 1. The molecule has 5 nitrogen and oxygen atoms in total. The van der Waals surface area contributed by atoms with Gasteiger partial charge in [0.05, 0.1) is 11.8 Å². The van der Waals surface area contributed by atoms with E-state index in [9.17, 15) is 4.79 Å². The van der Waals surface area contributed by atoms with E-state index in [0.717, 1.165) is 11.4 Å². The quantitative estimate of drug-likeness (QED) is 0.799. The summed E-state index contributed by atoms with van der Waals surface area (Å²) < 4.78 is 6.85. The molecule has 21 heavy (non-hydrogen) atoms. The third-order valence-corrected chi connectivity index (χ3v) is 3.31. The molecule has 2 heterocycles. The number of amides is 1. The van der Waals surface area contributed by atoms with Gasteiger partial charge >= 0.3 is 0 Å². The lowest BCUT2D eigenvalue weighted by Crippen LogP contribution is -2.30. The Balaban J connectivity index is 1.94. The summed E-state index contributed by atoms with van der Waals surface area (Å²) in [6, 6.07) is 11.1. The molecule has 0 aliphatic heterocycles. The van der Waals surface area contributed by atoms with Gasteiger partial charge in [-0.15, -0.1) is 0 Å². The second kappa shape index (κ2) is 5.66. The second-order valence-corrected chi connectivity index (χ2v) is 4.73. The summed E-state index contributed by atoms with van der Waals surface area (Å²) in [7, 11) is 1.91. The number of nitrogens with zero attached hydrogens (tertiary/aromatic N) is 2. The first kappa shape index (κ1) is 13.2. The number of rotatable bonds is 4. The Labute approximate surface area is 122 Å². The molecule has 0 unspecified atom stereocenters.